The van der Waals surface area contributed by atoms with Crippen molar-refractivity contribution >= 4 is 22.8 Å². The van der Waals surface area contributed by atoms with Gasteiger partial charge in [0.1, 0.15) is 23.0 Å². The van der Waals surface area contributed by atoms with Crippen molar-refractivity contribution in [2.45, 2.75) is 31.7 Å². The quantitative estimate of drug-likeness (QED) is 0.661. The summed E-state index contributed by atoms with van der Waals surface area (Å²) in [5.74, 6) is 0.536. The van der Waals surface area contributed by atoms with Crippen LogP contribution >= 0.6 is 0 Å². The number of halogens is 1. The molecule has 0 saturated heterocycles. The fourth-order valence-corrected chi connectivity index (χ4v) is 5.16. The van der Waals surface area contributed by atoms with Gasteiger partial charge >= 0.3 is 5.97 Å². The fourth-order valence-electron chi connectivity index (χ4n) is 5.16. The van der Waals surface area contributed by atoms with Gasteiger partial charge in [-0.05, 0) is 43.6 Å². The van der Waals surface area contributed by atoms with Gasteiger partial charge in [-0.1, -0.05) is 0 Å². The third-order valence-electron chi connectivity index (χ3n) is 6.53. The van der Waals surface area contributed by atoms with Crippen molar-refractivity contribution in [1.29, 1.82) is 0 Å². The van der Waals surface area contributed by atoms with Crippen LogP contribution in [0.15, 0.2) is 24.7 Å². The van der Waals surface area contributed by atoms with Gasteiger partial charge < -0.3 is 10.1 Å². The zero-order chi connectivity index (χ0) is 20.8. The highest BCUT2D eigenvalue weighted by Gasteiger charge is 2.47. The molecule has 0 amide bonds. The minimum atomic E-state index is -0.432. The molecule has 0 aromatic carbocycles. The van der Waals surface area contributed by atoms with Crippen molar-refractivity contribution in [1.82, 2.24) is 24.7 Å². The molecule has 1 N–H and O–H groups in total. The lowest BCUT2D eigenvalue weighted by atomic mass is 9.61. The summed E-state index contributed by atoms with van der Waals surface area (Å²) in [6, 6.07) is 1.37. The van der Waals surface area contributed by atoms with E-state index in [1.165, 1.54) is 19.4 Å². The number of anilines is 1. The van der Waals surface area contributed by atoms with Crippen LogP contribution in [0.5, 0.6) is 0 Å². The van der Waals surface area contributed by atoms with Gasteiger partial charge in [0.2, 0.25) is 0 Å². The number of methoxy groups -OCH3 is 1. The van der Waals surface area contributed by atoms with Gasteiger partial charge in [-0.2, -0.15) is 5.10 Å². The molecule has 0 unspecified atom stereocenters. The Balaban J connectivity index is 1.49. The number of fused-ring (bicyclic) bond motifs is 4. The van der Waals surface area contributed by atoms with Crippen LogP contribution < -0.4 is 5.32 Å². The van der Waals surface area contributed by atoms with E-state index in [1.807, 2.05) is 0 Å². The Morgan fingerprint density at radius 3 is 2.73 bits per heavy atom. The van der Waals surface area contributed by atoms with Gasteiger partial charge in [0.05, 0.1) is 37.0 Å². The minimum absolute atomic E-state index is 0.0333. The normalized spacial score (nSPS) is 25.4. The number of ether oxygens (including phenoxy) is 1. The van der Waals surface area contributed by atoms with E-state index in [0.29, 0.717) is 40.1 Å². The monoisotopic (exact) mass is 410 g/mol. The number of nitrogens with zero attached hydrogens (tertiary/aromatic N) is 5. The summed E-state index contributed by atoms with van der Waals surface area (Å²) in [5, 5.41) is 8.50. The second kappa shape index (κ2) is 7.30. The smallest absolute Gasteiger partial charge is 0.311 e. The van der Waals surface area contributed by atoms with Gasteiger partial charge in [-0.3, -0.25) is 9.78 Å². The molecule has 0 radical (unpaired) electrons. The molecule has 3 heterocycles. The van der Waals surface area contributed by atoms with Crippen molar-refractivity contribution in [3.63, 3.8) is 0 Å². The van der Waals surface area contributed by atoms with E-state index >= 15 is 0 Å². The molecular weight excluding hydrogens is 387 g/mol. The summed E-state index contributed by atoms with van der Waals surface area (Å²) in [5.41, 5.74) is 1.61. The summed E-state index contributed by atoms with van der Waals surface area (Å²) in [4.78, 5) is 25.6. The lowest BCUT2D eigenvalue weighted by molar-refractivity contribution is -0.152. The summed E-state index contributed by atoms with van der Waals surface area (Å²) in [6.07, 6.45) is 8.73. The molecule has 3 aromatic heterocycles. The number of pyridine rings is 1. The molecule has 3 aliphatic carbocycles. The SMILES string of the molecule is COC(=O)[C@H]1C2CCC(CC2)[C@@H]1Nc1cncc(-c2nn(C)c3ncc(F)cc23)n1. The minimum Gasteiger partial charge on any atom is -0.469 e. The van der Waals surface area contributed by atoms with Crippen molar-refractivity contribution < 1.29 is 13.9 Å². The summed E-state index contributed by atoms with van der Waals surface area (Å²) in [6.45, 7) is 0. The van der Waals surface area contributed by atoms with Crippen molar-refractivity contribution in [3.8, 4) is 11.4 Å². The van der Waals surface area contributed by atoms with Crippen LogP contribution in [0.25, 0.3) is 22.4 Å². The molecule has 3 fully saturated rings. The number of hydrogen-bond acceptors (Lipinski definition) is 7. The molecule has 156 valence electrons. The standard InChI is InChI=1S/C21H23FN6O2/c1-28-20-14(7-13(22)8-24-20)19(27-28)15-9-23-10-16(25-15)26-18-12-5-3-11(4-6-12)17(18)21(29)30-2/h7-12,17-18H,3-6H2,1-2H3,(H,25,26)/t11?,12?,17-,18-/m0/s1. The molecule has 3 aromatic rings. The van der Waals surface area contributed by atoms with Gasteiger partial charge in [0.15, 0.2) is 5.65 Å². The molecular formula is C21H23FN6O2. The van der Waals surface area contributed by atoms with Gasteiger partial charge in [-0.15, -0.1) is 0 Å². The van der Waals surface area contributed by atoms with E-state index in [-0.39, 0.29) is 17.9 Å². The first-order chi connectivity index (χ1) is 14.5. The first kappa shape index (κ1) is 18.9. The average molecular weight is 410 g/mol. The second-order valence-electron chi connectivity index (χ2n) is 8.18. The lowest BCUT2D eigenvalue weighted by Gasteiger charge is -2.47. The van der Waals surface area contributed by atoms with Crippen LogP contribution in [-0.2, 0) is 16.6 Å². The molecule has 2 bridgehead atoms. The largest absolute Gasteiger partial charge is 0.469 e. The van der Waals surface area contributed by atoms with Crippen LogP contribution in [0, 0.1) is 23.6 Å². The Hall–Kier alpha value is -3.10. The fraction of sp³-hybridized carbons (Fsp3) is 0.476. The number of esters is 1. The molecule has 30 heavy (non-hydrogen) atoms. The third kappa shape index (κ3) is 3.09. The van der Waals surface area contributed by atoms with E-state index in [4.69, 9.17) is 4.74 Å². The van der Waals surface area contributed by atoms with Crippen LogP contribution in [0.4, 0.5) is 10.2 Å². The van der Waals surface area contributed by atoms with Crippen LogP contribution in [0.1, 0.15) is 25.7 Å². The molecule has 3 saturated carbocycles. The lowest BCUT2D eigenvalue weighted by Crippen LogP contribution is -2.51. The van der Waals surface area contributed by atoms with Gasteiger partial charge in [0, 0.05) is 13.1 Å². The van der Waals surface area contributed by atoms with E-state index < -0.39 is 5.82 Å². The van der Waals surface area contributed by atoms with Crippen molar-refractivity contribution in [2.75, 3.05) is 12.4 Å². The highest BCUT2D eigenvalue weighted by molar-refractivity contribution is 5.90. The maximum Gasteiger partial charge on any atom is 0.311 e. The predicted octanol–water partition coefficient (Wildman–Crippen LogP) is 2.95. The average Bonchev–Trinajstić information content (AvgIpc) is 3.10. The Bertz CT molecular complexity index is 1110. The summed E-state index contributed by atoms with van der Waals surface area (Å²) in [7, 11) is 3.20. The van der Waals surface area contributed by atoms with Gasteiger partial charge in [0.25, 0.3) is 0 Å². The molecule has 0 aliphatic heterocycles. The number of carbonyl (C=O) groups excluding carboxylic acids is 1. The highest BCUT2D eigenvalue weighted by Crippen LogP contribution is 2.46. The number of carbonyl (C=O) groups is 1. The van der Waals surface area contributed by atoms with Crippen LogP contribution in [-0.4, -0.2) is 43.9 Å². The topological polar surface area (TPSA) is 94.8 Å². The zero-order valence-corrected chi connectivity index (χ0v) is 16.9. The van der Waals surface area contributed by atoms with E-state index in [0.717, 1.165) is 25.7 Å². The first-order valence-electron chi connectivity index (χ1n) is 10.2. The molecule has 3 aliphatic rings. The van der Waals surface area contributed by atoms with Crippen molar-refractivity contribution in [3.05, 3.63) is 30.5 Å². The molecule has 6 rings (SSSR count). The number of nitrogens with one attached hydrogen (secondary N) is 1. The first-order valence-corrected chi connectivity index (χ1v) is 10.2. The Morgan fingerprint density at radius 1 is 1.20 bits per heavy atom. The number of rotatable bonds is 4. The Morgan fingerprint density at radius 2 is 1.97 bits per heavy atom. The van der Waals surface area contributed by atoms with E-state index in [2.05, 4.69) is 25.4 Å². The zero-order valence-electron chi connectivity index (χ0n) is 16.9. The van der Waals surface area contributed by atoms with Crippen LogP contribution in [0.2, 0.25) is 0 Å². The predicted molar refractivity (Wildman–Crippen MR) is 108 cm³/mol. The molecule has 2 atom stereocenters. The van der Waals surface area contributed by atoms with E-state index in [9.17, 15) is 9.18 Å². The van der Waals surface area contributed by atoms with Crippen molar-refractivity contribution in [2.24, 2.45) is 24.8 Å². The maximum absolute atomic E-state index is 13.8. The molecule has 9 heteroatoms. The third-order valence-corrected chi connectivity index (χ3v) is 6.53. The number of aryl methyl sites for hydroxylation is 1. The summed E-state index contributed by atoms with van der Waals surface area (Å²) < 4.78 is 20.5. The van der Waals surface area contributed by atoms with E-state index in [1.54, 1.807) is 24.1 Å². The highest BCUT2D eigenvalue weighted by atomic mass is 19.1. The number of aromatic nitrogens is 5. The Labute approximate surface area is 172 Å². The summed E-state index contributed by atoms with van der Waals surface area (Å²) >= 11 is 0. The maximum atomic E-state index is 13.8. The Kier molecular flexibility index (Phi) is 4.60. The number of hydrogen-bond donors (Lipinski definition) is 1. The molecule has 8 nitrogen and oxygen atoms in total. The second-order valence-corrected chi connectivity index (χ2v) is 8.18. The molecule has 0 spiro atoms. The van der Waals surface area contributed by atoms with Gasteiger partial charge in [-0.25, -0.2) is 19.0 Å². The van der Waals surface area contributed by atoms with Crippen LogP contribution in [0.3, 0.4) is 0 Å².